The second kappa shape index (κ2) is 5.14. The molecule has 0 spiro atoms. The first-order valence-electron chi connectivity index (χ1n) is 6.57. The van der Waals surface area contributed by atoms with E-state index in [0.29, 0.717) is 12.1 Å². The minimum atomic E-state index is -0.996. The lowest BCUT2D eigenvalue weighted by atomic mass is 9.97. The summed E-state index contributed by atoms with van der Waals surface area (Å²) >= 11 is 0. The summed E-state index contributed by atoms with van der Waals surface area (Å²) in [6, 6.07) is 2.76. The third kappa shape index (κ3) is 2.58. The van der Waals surface area contributed by atoms with Crippen molar-refractivity contribution in [2.75, 3.05) is 0 Å². The summed E-state index contributed by atoms with van der Waals surface area (Å²) in [5, 5.41) is 8.93. The molecule has 4 heteroatoms. The van der Waals surface area contributed by atoms with Crippen molar-refractivity contribution in [2.24, 2.45) is 0 Å². The van der Waals surface area contributed by atoms with Crippen LogP contribution in [0.4, 0.5) is 0 Å². The fourth-order valence-electron chi connectivity index (χ4n) is 2.77. The van der Waals surface area contributed by atoms with Gasteiger partial charge in [0.05, 0.1) is 0 Å². The first-order valence-corrected chi connectivity index (χ1v) is 6.57. The number of rotatable bonds is 3. The maximum absolute atomic E-state index is 10.9. The average Bonchev–Trinajstić information content (AvgIpc) is 2.66. The van der Waals surface area contributed by atoms with Crippen molar-refractivity contribution < 1.29 is 14.3 Å². The van der Waals surface area contributed by atoms with E-state index in [1.54, 1.807) is 6.07 Å². The van der Waals surface area contributed by atoms with Gasteiger partial charge in [-0.2, -0.15) is 0 Å². The minimum absolute atomic E-state index is 0.0415. The van der Waals surface area contributed by atoms with Crippen LogP contribution in [0.25, 0.3) is 0 Å². The zero-order valence-electron chi connectivity index (χ0n) is 11.3. The van der Waals surface area contributed by atoms with Gasteiger partial charge in [-0.15, -0.1) is 0 Å². The van der Waals surface area contributed by atoms with Gasteiger partial charge in [0, 0.05) is 24.2 Å². The lowest BCUT2D eigenvalue weighted by molar-refractivity contribution is 0.0661. The van der Waals surface area contributed by atoms with Gasteiger partial charge in [0.1, 0.15) is 5.76 Å². The van der Waals surface area contributed by atoms with E-state index < -0.39 is 5.97 Å². The maximum atomic E-state index is 10.9. The topological polar surface area (TPSA) is 53.7 Å². The van der Waals surface area contributed by atoms with E-state index >= 15 is 0 Å². The molecule has 1 aliphatic heterocycles. The Bertz CT molecular complexity index is 428. The molecular formula is C14H21NO3. The van der Waals surface area contributed by atoms with Gasteiger partial charge >= 0.3 is 5.97 Å². The first kappa shape index (κ1) is 13.1. The Morgan fingerprint density at radius 2 is 2.06 bits per heavy atom. The minimum Gasteiger partial charge on any atom is -0.475 e. The van der Waals surface area contributed by atoms with Crippen molar-refractivity contribution in [3.8, 4) is 0 Å². The molecule has 1 fully saturated rings. The van der Waals surface area contributed by atoms with E-state index in [2.05, 4.69) is 18.7 Å². The number of piperidine rings is 1. The molecule has 2 heterocycles. The fourth-order valence-corrected chi connectivity index (χ4v) is 2.77. The molecule has 1 aromatic rings. The van der Waals surface area contributed by atoms with E-state index in [1.165, 1.54) is 19.3 Å². The molecule has 4 nitrogen and oxygen atoms in total. The van der Waals surface area contributed by atoms with Crippen LogP contribution in [0, 0.1) is 6.92 Å². The van der Waals surface area contributed by atoms with E-state index in [9.17, 15) is 4.79 Å². The van der Waals surface area contributed by atoms with Gasteiger partial charge < -0.3 is 9.52 Å². The Hall–Kier alpha value is -1.29. The summed E-state index contributed by atoms with van der Waals surface area (Å²) in [4.78, 5) is 13.3. The van der Waals surface area contributed by atoms with Crippen molar-refractivity contribution in [1.29, 1.82) is 0 Å². The normalized spacial score (nSPS) is 25.3. The van der Waals surface area contributed by atoms with Crippen LogP contribution in [-0.4, -0.2) is 28.1 Å². The van der Waals surface area contributed by atoms with E-state index in [-0.39, 0.29) is 5.76 Å². The summed E-state index contributed by atoms with van der Waals surface area (Å²) < 4.78 is 5.26. The van der Waals surface area contributed by atoms with Crippen molar-refractivity contribution in [3.05, 3.63) is 23.2 Å². The molecule has 1 aromatic heterocycles. The molecule has 100 valence electrons. The number of aryl methyl sites for hydroxylation is 1. The number of carbonyl (C=O) groups is 1. The smallest absolute Gasteiger partial charge is 0.371 e. The Kier molecular flexibility index (Phi) is 3.76. The van der Waals surface area contributed by atoms with Crippen molar-refractivity contribution in [2.45, 2.75) is 58.7 Å². The average molecular weight is 251 g/mol. The van der Waals surface area contributed by atoms with Crippen molar-refractivity contribution in [1.82, 2.24) is 4.90 Å². The highest BCUT2D eigenvalue weighted by atomic mass is 16.4. The summed E-state index contributed by atoms with van der Waals surface area (Å²) in [5.74, 6) is -0.235. The van der Waals surface area contributed by atoms with Crippen LogP contribution in [0.3, 0.4) is 0 Å². The fraction of sp³-hybridized carbons (Fsp3) is 0.643. The highest BCUT2D eigenvalue weighted by Crippen LogP contribution is 2.26. The molecule has 2 rings (SSSR count). The molecule has 2 unspecified atom stereocenters. The van der Waals surface area contributed by atoms with Crippen molar-refractivity contribution >= 4 is 5.97 Å². The molecule has 1 N–H and O–H groups in total. The summed E-state index contributed by atoms with van der Waals surface area (Å²) in [6.07, 6.45) is 3.71. The van der Waals surface area contributed by atoms with Gasteiger partial charge in [-0.25, -0.2) is 4.79 Å². The molecule has 18 heavy (non-hydrogen) atoms. The van der Waals surface area contributed by atoms with Gasteiger partial charge in [0.2, 0.25) is 5.76 Å². The van der Waals surface area contributed by atoms with Crippen LogP contribution in [0.2, 0.25) is 0 Å². The molecule has 0 aromatic carbocycles. The van der Waals surface area contributed by atoms with Crippen LogP contribution in [0.15, 0.2) is 10.5 Å². The molecule has 1 aliphatic rings. The summed E-state index contributed by atoms with van der Waals surface area (Å²) in [7, 11) is 0. The number of furan rings is 1. The van der Waals surface area contributed by atoms with Crippen molar-refractivity contribution in [3.63, 3.8) is 0 Å². The van der Waals surface area contributed by atoms with Crippen LogP contribution >= 0.6 is 0 Å². The second-order valence-corrected chi connectivity index (χ2v) is 5.30. The number of hydrogen-bond donors (Lipinski definition) is 1. The van der Waals surface area contributed by atoms with Gasteiger partial charge in [-0.3, -0.25) is 4.90 Å². The molecule has 2 atom stereocenters. The van der Waals surface area contributed by atoms with Gasteiger partial charge in [0.15, 0.2) is 0 Å². The molecular weight excluding hydrogens is 230 g/mol. The Morgan fingerprint density at radius 3 is 2.56 bits per heavy atom. The Balaban J connectivity index is 2.15. The predicted octanol–water partition coefficient (Wildman–Crippen LogP) is 3.05. The van der Waals surface area contributed by atoms with E-state index in [0.717, 1.165) is 17.9 Å². The largest absolute Gasteiger partial charge is 0.475 e. The molecule has 0 bridgehead atoms. The number of hydrogen-bond acceptors (Lipinski definition) is 3. The third-order valence-corrected chi connectivity index (χ3v) is 3.96. The SMILES string of the molecule is Cc1oc(C(=O)O)cc1CN1C(C)CCCC1C. The van der Waals surface area contributed by atoms with Crippen LogP contribution in [-0.2, 0) is 6.54 Å². The van der Waals surface area contributed by atoms with E-state index in [1.807, 2.05) is 6.92 Å². The maximum Gasteiger partial charge on any atom is 0.371 e. The molecule has 1 saturated heterocycles. The van der Waals surface area contributed by atoms with Gasteiger partial charge in [0.25, 0.3) is 0 Å². The highest BCUT2D eigenvalue weighted by Gasteiger charge is 2.26. The standard InChI is InChI=1S/C14H21NO3/c1-9-5-4-6-10(2)15(9)8-12-7-13(14(16)17)18-11(12)3/h7,9-10H,4-6,8H2,1-3H3,(H,16,17). The number of carboxylic acids is 1. The third-order valence-electron chi connectivity index (χ3n) is 3.96. The first-order chi connectivity index (χ1) is 8.49. The summed E-state index contributed by atoms with van der Waals surface area (Å²) in [5.41, 5.74) is 0.994. The van der Waals surface area contributed by atoms with Gasteiger partial charge in [-0.05, 0) is 39.7 Å². The monoisotopic (exact) mass is 251 g/mol. The number of likely N-dealkylation sites (tertiary alicyclic amines) is 1. The quantitative estimate of drug-likeness (QED) is 0.897. The van der Waals surface area contributed by atoms with Gasteiger partial charge in [-0.1, -0.05) is 6.42 Å². The van der Waals surface area contributed by atoms with Crippen LogP contribution in [0.5, 0.6) is 0 Å². The predicted molar refractivity (Wildman–Crippen MR) is 68.7 cm³/mol. The zero-order valence-corrected chi connectivity index (χ0v) is 11.3. The summed E-state index contributed by atoms with van der Waals surface area (Å²) in [6.45, 7) is 7.10. The molecule has 0 radical (unpaired) electrons. The molecule has 0 aliphatic carbocycles. The highest BCUT2D eigenvalue weighted by molar-refractivity contribution is 5.84. The number of nitrogens with zero attached hydrogens (tertiary/aromatic N) is 1. The number of aromatic carboxylic acids is 1. The van der Waals surface area contributed by atoms with Crippen LogP contribution < -0.4 is 0 Å². The molecule has 0 saturated carbocycles. The van der Waals surface area contributed by atoms with Crippen LogP contribution in [0.1, 0.15) is 55.0 Å². The lowest BCUT2D eigenvalue weighted by Gasteiger charge is -2.38. The molecule has 0 amide bonds. The van der Waals surface area contributed by atoms with E-state index in [4.69, 9.17) is 9.52 Å². The Morgan fingerprint density at radius 1 is 1.44 bits per heavy atom. The Labute approximate surface area is 108 Å². The second-order valence-electron chi connectivity index (χ2n) is 5.30. The zero-order chi connectivity index (χ0) is 13.3. The lowest BCUT2D eigenvalue weighted by Crippen LogP contribution is -2.42. The number of carboxylic acid groups (broad SMARTS) is 1.